The van der Waals surface area contributed by atoms with E-state index in [1.54, 1.807) is 0 Å². The maximum Gasteiger partial charge on any atom is 0.232 e. The molecule has 1 aromatic heterocycles. The van der Waals surface area contributed by atoms with Gasteiger partial charge in [0, 0.05) is 5.69 Å². The summed E-state index contributed by atoms with van der Waals surface area (Å²) in [5.74, 6) is 0.510. The van der Waals surface area contributed by atoms with Gasteiger partial charge in [-0.3, -0.25) is 14.5 Å². The van der Waals surface area contributed by atoms with E-state index in [4.69, 9.17) is 12.2 Å². The van der Waals surface area contributed by atoms with Crippen LogP contribution < -0.4 is 5.32 Å². The summed E-state index contributed by atoms with van der Waals surface area (Å²) in [6.45, 7) is 2.74. The fourth-order valence-electron chi connectivity index (χ4n) is 2.81. The zero-order valence-electron chi connectivity index (χ0n) is 14.7. The minimum atomic E-state index is -0.114. The van der Waals surface area contributed by atoms with Crippen LogP contribution in [0.3, 0.4) is 0 Å². The van der Waals surface area contributed by atoms with Crippen LogP contribution in [-0.4, -0.2) is 20.7 Å². The Kier molecular flexibility index (Phi) is 5.96. The number of nitrogens with one attached hydrogen (secondary N) is 2. The monoisotopic (exact) mass is 366 g/mol. The third kappa shape index (κ3) is 4.67. The summed E-state index contributed by atoms with van der Waals surface area (Å²) in [4.78, 5) is 12.4. The summed E-state index contributed by atoms with van der Waals surface area (Å²) in [5.41, 5.74) is 3.17. The molecule has 0 bridgehead atoms. The van der Waals surface area contributed by atoms with Crippen LogP contribution in [0, 0.1) is 4.77 Å². The highest BCUT2D eigenvalue weighted by molar-refractivity contribution is 7.71. The van der Waals surface area contributed by atoms with Crippen LogP contribution in [-0.2, 0) is 24.2 Å². The lowest BCUT2D eigenvalue weighted by atomic mass is 10.1. The fraction of sp³-hybridized carbons (Fsp3) is 0.250. The van der Waals surface area contributed by atoms with E-state index in [0.717, 1.165) is 24.1 Å². The van der Waals surface area contributed by atoms with E-state index < -0.39 is 0 Å². The Morgan fingerprint density at radius 2 is 1.85 bits per heavy atom. The van der Waals surface area contributed by atoms with Crippen LogP contribution in [0.5, 0.6) is 0 Å². The first-order chi connectivity index (χ1) is 12.7. The lowest BCUT2D eigenvalue weighted by molar-refractivity contribution is -0.115. The quantitative estimate of drug-likeness (QED) is 0.618. The van der Waals surface area contributed by atoms with Gasteiger partial charge < -0.3 is 5.32 Å². The molecule has 0 atom stereocenters. The fourth-order valence-corrected chi connectivity index (χ4v) is 3.02. The van der Waals surface area contributed by atoms with Crippen molar-refractivity contribution in [1.29, 1.82) is 0 Å². The first-order valence-electron chi connectivity index (χ1n) is 8.72. The Bertz CT molecular complexity index is 913. The van der Waals surface area contributed by atoms with Crippen molar-refractivity contribution in [3.63, 3.8) is 0 Å². The van der Waals surface area contributed by atoms with Crippen molar-refractivity contribution in [2.24, 2.45) is 0 Å². The molecule has 6 heteroatoms. The van der Waals surface area contributed by atoms with Crippen LogP contribution in [0.4, 0.5) is 5.69 Å². The maximum absolute atomic E-state index is 12.4. The van der Waals surface area contributed by atoms with Crippen molar-refractivity contribution < 1.29 is 4.79 Å². The Morgan fingerprint density at radius 3 is 2.54 bits per heavy atom. The second-order valence-corrected chi connectivity index (χ2v) is 6.58. The standard InChI is InChI=1S/C20H22N4OS/c1-2-6-15-9-11-17(12-10-15)21-19(25)13-18-22-23-20(26)24(18)14-16-7-4-3-5-8-16/h3-5,7-12H,2,6,13-14H2,1H3,(H,21,25)(H,23,26). The lowest BCUT2D eigenvalue weighted by Gasteiger charge is -2.08. The predicted octanol–water partition coefficient (Wildman–Crippen LogP) is 4.12. The zero-order valence-corrected chi connectivity index (χ0v) is 15.6. The molecule has 0 aliphatic rings. The minimum Gasteiger partial charge on any atom is -0.326 e. The number of anilines is 1. The van der Waals surface area contributed by atoms with Gasteiger partial charge in [-0.1, -0.05) is 55.8 Å². The summed E-state index contributed by atoms with van der Waals surface area (Å²) >= 11 is 5.31. The second-order valence-electron chi connectivity index (χ2n) is 6.19. The van der Waals surface area contributed by atoms with Gasteiger partial charge in [0.2, 0.25) is 5.91 Å². The number of hydrogen-bond acceptors (Lipinski definition) is 3. The van der Waals surface area contributed by atoms with Gasteiger partial charge in [-0.15, -0.1) is 0 Å². The Morgan fingerprint density at radius 1 is 1.12 bits per heavy atom. The molecular weight excluding hydrogens is 344 g/mol. The molecule has 0 unspecified atom stereocenters. The third-order valence-electron chi connectivity index (χ3n) is 4.12. The molecule has 0 fully saturated rings. The number of amides is 1. The number of benzene rings is 2. The molecule has 3 rings (SSSR count). The number of nitrogens with zero attached hydrogens (tertiary/aromatic N) is 2. The van der Waals surface area contributed by atoms with E-state index >= 15 is 0 Å². The molecule has 1 heterocycles. The Hall–Kier alpha value is -2.73. The van der Waals surface area contributed by atoms with Crippen LogP contribution in [0.1, 0.15) is 30.3 Å². The third-order valence-corrected chi connectivity index (χ3v) is 4.43. The normalized spacial score (nSPS) is 10.7. The number of aromatic amines is 1. The molecule has 3 aromatic rings. The lowest BCUT2D eigenvalue weighted by Crippen LogP contribution is -2.18. The number of rotatable bonds is 7. The van der Waals surface area contributed by atoms with Crippen LogP contribution in [0.25, 0.3) is 0 Å². The highest BCUT2D eigenvalue weighted by atomic mass is 32.1. The van der Waals surface area contributed by atoms with Gasteiger partial charge in [0.1, 0.15) is 5.82 Å². The molecule has 2 aromatic carbocycles. The number of hydrogen-bond donors (Lipinski definition) is 2. The van der Waals surface area contributed by atoms with Gasteiger partial charge >= 0.3 is 0 Å². The predicted molar refractivity (Wildman–Crippen MR) is 106 cm³/mol. The number of H-pyrrole nitrogens is 1. The van der Waals surface area contributed by atoms with Crippen molar-refractivity contribution in [1.82, 2.24) is 14.8 Å². The Balaban J connectivity index is 1.67. The number of aromatic nitrogens is 3. The summed E-state index contributed by atoms with van der Waals surface area (Å²) in [5, 5.41) is 9.92. The van der Waals surface area contributed by atoms with Gasteiger partial charge in [-0.2, -0.15) is 5.10 Å². The largest absolute Gasteiger partial charge is 0.326 e. The summed E-state index contributed by atoms with van der Waals surface area (Å²) in [7, 11) is 0. The molecule has 26 heavy (non-hydrogen) atoms. The van der Waals surface area contributed by atoms with E-state index in [2.05, 4.69) is 22.4 Å². The van der Waals surface area contributed by atoms with Crippen molar-refractivity contribution >= 4 is 23.8 Å². The van der Waals surface area contributed by atoms with Crippen molar-refractivity contribution in [3.05, 3.63) is 76.3 Å². The minimum absolute atomic E-state index is 0.114. The second kappa shape index (κ2) is 8.58. The van der Waals surface area contributed by atoms with E-state index in [-0.39, 0.29) is 12.3 Å². The molecular formula is C20H22N4OS. The zero-order chi connectivity index (χ0) is 18.4. The van der Waals surface area contributed by atoms with Gasteiger partial charge in [-0.05, 0) is 41.9 Å². The van der Waals surface area contributed by atoms with Gasteiger partial charge in [-0.25, -0.2) is 0 Å². The molecule has 0 aliphatic heterocycles. The number of carbonyl (C=O) groups excluding carboxylic acids is 1. The molecule has 2 N–H and O–H groups in total. The van der Waals surface area contributed by atoms with Gasteiger partial charge in [0.25, 0.3) is 0 Å². The van der Waals surface area contributed by atoms with Crippen molar-refractivity contribution in [3.8, 4) is 0 Å². The van der Waals surface area contributed by atoms with Crippen LogP contribution in [0.15, 0.2) is 54.6 Å². The van der Waals surface area contributed by atoms with E-state index in [1.807, 2.05) is 59.2 Å². The highest BCUT2D eigenvalue weighted by Gasteiger charge is 2.12. The van der Waals surface area contributed by atoms with Crippen molar-refractivity contribution in [2.75, 3.05) is 5.32 Å². The molecule has 0 spiro atoms. The first-order valence-corrected chi connectivity index (χ1v) is 9.13. The molecule has 5 nitrogen and oxygen atoms in total. The average Bonchev–Trinajstić information content (AvgIpc) is 2.98. The topological polar surface area (TPSA) is 62.7 Å². The number of carbonyl (C=O) groups is 1. The smallest absolute Gasteiger partial charge is 0.232 e. The SMILES string of the molecule is CCCc1ccc(NC(=O)Cc2n[nH]c(=S)n2Cc2ccccc2)cc1. The maximum atomic E-state index is 12.4. The molecule has 0 saturated carbocycles. The summed E-state index contributed by atoms with van der Waals surface area (Å²) in [6.07, 6.45) is 2.31. The summed E-state index contributed by atoms with van der Waals surface area (Å²) < 4.78 is 2.37. The van der Waals surface area contributed by atoms with E-state index in [9.17, 15) is 4.79 Å². The van der Waals surface area contributed by atoms with Gasteiger partial charge in [0.15, 0.2) is 4.77 Å². The van der Waals surface area contributed by atoms with E-state index in [0.29, 0.717) is 17.1 Å². The average molecular weight is 366 g/mol. The highest BCUT2D eigenvalue weighted by Crippen LogP contribution is 2.12. The Labute approximate surface area is 158 Å². The molecule has 0 radical (unpaired) electrons. The first kappa shape index (κ1) is 18.1. The van der Waals surface area contributed by atoms with Crippen LogP contribution in [0.2, 0.25) is 0 Å². The van der Waals surface area contributed by atoms with Gasteiger partial charge in [0.05, 0.1) is 13.0 Å². The van der Waals surface area contributed by atoms with Crippen LogP contribution >= 0.6 is 12.2 Å². The molecule has 1 amide bonds. The van der Waals surface area contributed by atoms with Crippen molar-refractivity contribution in [2.45, 2.75) is 32.7 Å². The summed E-state index contributed by atoms with van der Waals surface area (Å²) in [6, 6.07) is 17.9. The van der Waals surface area contributed by atoms with E-state index in [1.165, 1.54) is 5.56 Å². The molecule has 0 saturated heterocycles. The molecule has 134 valence electrons. The number of aryl methyl sites for hydroxylation is 1. The molecule has 0 aliphatic carbocycles.